The first kappa shape index (κ1) is 26.3. The molecule has 14 heteroatoms. The zero-order valence-corrected chi connectivity index (χ0v) is 18.9. The van der Waals surface area contributed by atoms with Gasteiger partial charge in [-0.15, -0.1) is 0 Å². The van der Waals surface area contributed by atoms with Crippen molar-refractivity contribution in [1.29, 1.82) is 0 Å². The third-order valence-corrected chi connectivity index (χ3v) is 5.47. The molecule has 0 aliphatic carbocycles. The van der Waals surface area contributed by atoms with Gasteiger partial charge in [0.1, 0.15) is 11.7 Å². The Morgan fingerprint density at radius 1 is 1.11 bits per heavy atom. The number of nitrogens with zero attached hydrogens (tertiary/aromatic N) is 4. The summed E-state index contributed by atoms with van der Waals surface area (Å²) in [6.45, 7) is 5.34. The number of carbonyl (C=O) groups is 1. The molecule has 0 radical (unpaired) electrons. The minimum atomic E-state index is -4.81. The second-order valence-corrected chi connectivity index (χ2v) is 8.43. The van der Waals surface area contributed by atoms with E-state index in [1.54, 1.807) is 18.7 Å². The highest BCUT2D eigenvalue weighted by Crippen LogP contribution is 2.30. The van der Waals surface area contributed by atoms with Crippen molar-refractivity contribution in [3.8, 4) is 0 Å². The molecule has 1 fully saturated rings. The highest BCUT2D eigenvalue weighted by Gasteiger charge is 2.37. The molecule has 0 bridgehead atoms. The molecule has 1 aliphatic rings. The van der Waals surface area contributed by atoms with E-state index in [9.17, 15) is 35.9 Å². The van der Waals surface area contributed by atoms with Crippen molar-refractivity contribution in [2.75, 3.05) is 18.0 Å². The minimum Gasteiger partial charge on any atom is -0.446 e. The van der Waals surface area contributed by atoms with Crippen molar-refractivity contribution in [2.45, 2.75) is 57.7 Å². The molecule has 1 N–H and O–H groups in total. The van der Waals surface area contributed by atoms with E-state index in [0.29, 0.717) is 12.4 Å². The van der Waals surface area contributed by atoms with Crippen LogP contribution in [0.4, 0.5) is 37.1 Å². The summed E-state index contributed by atoms with van der Waals surface area (Å²) in [4.78, 5) is 36.8. The fraction of sp³-hybridized carbons (Fsp3) is 0.524. The number of nitrogens with one attached hydrogen (secondary N) is 1. The summed E-state index contributed by atoms with van der Waals surface area (Å²) in [5.74, 6) is 0.0953. The van der Waals surface area contributed by atoms with E-state index in [-0.39, 0.29) is 43.1 Å². The first-order valence-corrected chi connectivity index (χ1v) is 10.6. The van der Waals surface area contributed by atoms with Gasteiger partial charge in [0.25, 0.3) is 5.56 Å². The lowest BCUT2D eigenvalue weighted by Crippen LogP contribution is -2.59. The van der Waals surface area contributed by atoms with Crippen LogP contribution in [0, 0.1) is 0 Å². The van der Waals surface area contributed by atoms with Gasteiger partial charge in [-0.2, -0.15) is 26.3 Å². The van der Waals surface area contributed by atoms with Crippen LogP contribution >= 0.6 is 0 Å². The Morgan fingerprint density at radius 2 is 1.69 bits per heavy atom. The number of ether oxygens (including phenoxy) is 1. The number of hydrogen-bond donors (Lipinski definition) is 1. The number of hydrogen-bond acceptors (Lipinski definition) is 6. The maximum atomic E-state index is 12.9. The standard InChI is InChI=1S/C21H23F6N5O3/c1-11-9-31(10-12(2)32(11)18-29-7-15(8-30-18)20(22,23)24)19(34)35-13(3)4-14-5-16(21(25,26)27)17(33)28-6-14/h5-8,11-13H,4,9-10H2,1-3H3,(H,28,33)/t11-,12+,13-/m0/s1. The highest BCUT2D eigenvalue weighted by atomic mass is 19.4. The Morgan fingerprint density at radius 3 is 2.20 bits per heavy atom. The van der Waals surface area contributed by atoms with Crippen LogP contribution in [0.1, 0.15) is 37.5 Å². The molecule has 3 atom stereocenters. The van der Waals surface area contributed by atoms with Crippen LogP contribution < -0.4 is 10.5 Å². The van der Waals surface area contributed by atoms with Crippen molar-refractivity contribution in [2.24, 2.45) is 0 Å². The molecule has 3 rings (SSSR count). The van der Waals surface area contributed by atoms with E-state index in [1.165, 1.54) is 11.8 Å². The average molecular weight is 507 g/mol. The van der Waals surface area contributed by atoms with E-state index in [2.05, 4.69) is 9.97 Å². The summed E-state index contributed by atoms with van der Waals surface area (Å²) in [7, 11) is 0. The number of piperazine rings is 1. The topological polar surface area (TPSA) is 91.4 Å². The van der Waals surface area contributed by atoms with E-state index >= 15 is 0 Å². The first-order chi connectivity index (χ1) is 16.2. The number of halogens is 6. The summed E-state index contributed by atoms with van der Waals surface area (Å²) in [5.41, 5.74) is -3.42. The van der Waals surface area contributed by atoms with Crippen LogP contribution in [0.3, 0.4) is 0 Å². The van der Waals surface area contributed by atoms with Crippen LogP contribution in [-0.2, 0) is 23.5 Å². The van der Waals surface area contributed by atoms with Crippen LogP contribution in [0.15, 0.2) is 29.5 Å². The van der Waals surface area contributed by atoms with E-state index in [0.717, 1.165) is 12.3 Å². The second-order valence-electron chi connectivity index (χ2n) is 8.43. The largest absolute Gasteiger partial charge is 0.446 e. The van der Waals surface area contributed by atoms with Crippen LogP contribution in [0.5, 0.6) is 0 Å². The van der Waals surface area contributed by atoms with Crippen molar-refractivity contribution < 1.29 is 35.9 Å². The zero-order valence-electron chi connectivity index (χ0n) is 18.9. The monoisotopic (exact) mass is 507 g/mol. The van der Waals surface area contributed by atoms with Gasteiger partial charge in [0.2, 0.25) is 5.95 Å². The van der Waals surface area contributed by atoms with Crippen molar-refractivity contribution >= 4 is 12.0 Å². The number of pyridine rings is 1. The molecule has 3 heterocycles. The molecule has 0 saturated carbocycles. The van der Waals surface area contributed by atoms with E-state index in [1.807, 2.05) is 4.98 Å². The molecule has 0 unspecified atom stereocenters. The lowest BCUT2D eigenvalue weighted by molar-refractivity contribution is -0.139. The Labute approximate surface area is 195 Å². The minimum absolute atomic E-state index is 0.0595. The van der Waals surface area contributed by atoms with Gasteiger partial charge in [-0.3, -0.25) is 4.79 Å². The maximum Gasteiger partial charge on any atom is 0.421 e. The van der Waals surface area contributed by atoms with Crippen LogP contribution in [-0.4, -0.2) is 57.2 Å². The number of aromatic nitrogens is 3. The second kappa shape index (κ2) is 9.74. The molecule has 192 valence electrons. The predicted molar refractivity (Wildman–Crippen MR) is 112 cm³/mol. The van der Waals surface area contributed by atoms with Gasteiger partial charge in [-0.1, -0.05) is 0 Å². The van der Waals surface area contributed by atoms with Gasteiger partial charge in [-0.05, 0) is 32.4 Å². The fourth-order valence-electron chi connectivity index (χ4n) is 3.94. The van der Waals surface area contributed by atoms with Crippen LogP contribution in [0.25, 0.3) is 0 Å². The van der Waals surface area contributed by atoms with Gasteiger partial charge >= 0.3 is 18.4 Å². The summed E-state index contributed by atoms with van der Waals surface area (Å²) in [6, 6.07) is 0.00893. The van der Waals surface area contributed by atoms with Crippen LogP contribution in [0.2, 0.25) is 0 Å². The number of alkyl halides is 6. The van der Waals surface area contributed by atoms with Gasteiger partial charge < -0.3 is 19.5 Å². The number of H-pyrrole nitrogens is 1. The highest BCUT2D eigenvalue weighted by molar-refractivity contribution is 5.68. The van der Waals surface area contributed by atoms with Crippen molar-refractivity contribution in [1.82, 2.24) is 19.9 Å². The molecule has 2 aromatic rings. The normalized spacial score (nSPS) is 20.0. The SMILES string of the molecule is C[C@@H]1CN(C(=O)O[C@@H](C)Cc2c[nH]c(=O)c(C(F)(F)F)c2)C[C@H](C)N1c1ncc(C(F)(F)F)cn1. The molecule has 2 aromatic heterocycles. The Hall–Kier alpha value is -3.32. The lowest BCUT2D eigenvalue weighted by atomic mass is 10.1. The molecule has 8 nitrogen and oxygen atoms in total. The van der Waals surface area contributed by atoms with Crippen molar-refractivity contribution in [3.63, 3.8) is 0 Å². The number of rotatable bonds is 4. The quantitative estimate of drug-likeness (QED) is 0.632. The number of anilines is 1. The third kappa shape index (κ3) is 6.22. The number of carbonyl (C=O) groups excluding carboxylic acids is 1. The molecule has 1 aliphatic heterocycles. The zero-order chi connectivity index (χ0) is 26.1. The molecule has 0 spiro atoms. The lowest BCUT2D eigenvalue weighted by Gasteiger charge is -2.44. The smallest absolute Gasteiger partial charge is 0.421 e. The molecule has 0 aromatic carbocycles. The maximum absolute atomic E-state index is 12.9. The van der Waals surface area contributed by atoms with Gasteiger partial charge in [0, 0.05) is 50.2 Å². The number of amides is 1. The predicted octanol–water partition coefficient (Wildman–Crippen LogP) is 3.87. The Bertz CT molecular complexity index is 1090. The molecular weight excluding hydrogens is 484 g/mol. The fourth-order valence-corrected chi connectivity index (χ4v) is 3.94. The van der Waals surface area contributed by atoms with Gasteiger partial charge in [0.15, 0.2) is 0 Å². The summed E-state index contributed by atoms with van der Waals surface area (Å²) in [5, 5.41) is 0. The summed E-state index contributed by atoms with van der Waals surface area (Å²) >= 11 is 0. The summed E-state index contributed by atoms with van der Waals surface area (Å²) < 4.78 is 82.5. The Balaban J connectivity index is 1.62. The molecular formula is C21H23F6N5O3. The average Bonchev–Trinajstić information content (AvgIpc) is 2.73. The van der Waals surface area contributed by atoms with Gasteiger partial charge in [-0.25, -0.2) is 14.8 Å². The Kier molecular flexibility index (Phi) is 7.31. The summed E-state index contributed by atoms with van der Waals surface area (Å²) in [6.07, 6.45) is -8.38. The third-order valence-electron chi connectivity index (χ3n) is 5.47. The number of aromatic amines is 1. The van der Waals surface area contributed by atoms with Crippen molar-refractivity contribution in [3.05, 3.63) is 51.7 Å². The first-order valence-electron chi connectivity index (χ1n) is 10.6. The van der Waals surface area contributed by atoms with Gasteiger partial charge in [0.05, 0.1) is 5.56 Å². The molecule has 1 amide bonds. The van der Waals surface area contributed by atoms with E-state index < -0.39 is 41.2 Å². The molecule has 35 heavy (non-hydrogen) atoms. The molecule has 1 saturated heterocycles. The van der Waals surface area contributed by atoms with E-state index in [4.69, 9.17) is 4.74 Å².